The zero-order chi connectivity index (χ0) is 20.3. The highest BCUT2D eigenvalue weighted by molar-refractivity contribution is 9.10. The molecule has 0 aliphatic rings. The first kappa shape index (κ1) is 20.5. The number of esters is 1. The van der Waals surface area contributed by atoms with E-state index >= 15 is 0 Å². The summed E-state index contributed by atoms with van der Waals surface area (Å²) in [7, 11) is 0. The molecule has 28 heavy (non-hydrogen) atoms. The molecule has 5 nitrogen and oxygen atoms in total. The van der Waals surface area contributed by atoms with Crippen molar-refractivity contribution in [1.82, 2.24) is 0 Å². The van der Waals surface area contributed by atoms with Crippen LogP contribution in [-0.4, -0.2) is 24.7 Å². The van der Waals surface area contributed by atoms with Crippen LogP contribution in [0.2, 0.25) is 5.02 Å². The first-order valence-corrected chi connectivity index (χ1v) is 10.4. The highest BCUT2D eigenvalue weighted by Gasteiger charge is 2.25. The highest BCUT2D eigenvalue weighted by Crippen LogP contribution is 2.44. The van der Waals surface area contributed by atoms with Crippen LogP contribution < -0.4 is 5.32 Å². The van der Waals surface area contributed by atoms with Crippen LogP contribution in [0.5, 0.6) is 0 Å². The van der Waals surface area contributed by atoms with Gasteiger partial charge in [0.1, 0.15) is 10.6 Å². The molecule has 0 fully saturated rings. The molecule has 1 N–H and O–H groups in total. The van der Waals surface area contributed by atoms with Gasteiger partial charge < -0.3 is 10.1 Å². The minimum atomic E-state index is -0.514. The molecule has 0 aliphatic carbocycles. The van der Waals surface area contributed by atoms with Crippen LogP contribution in [0, 0.1) is 0 Å². The normalized spacial score (nSPS) is 11.1. The van der Waals surface area contributed by atoms with E-state index in [0.717, 1.165) is 5.69 Å². The van der Waals surface area contributed by atoms with Gasteiger partial charge in [-0.3, -0.25) is 9.79 Å². The molecule has 1 heterocycles. The first-order chi connectivity index (χ1) is 13.4. The SMILES string of the molecule is CCOC(=O)c1c(NC(C)=O)sc2c(Cl)c(/C=N/c3ccccc3)cc(Br)c12. The van der Waals surface area contributed by atoms with E-state index in [4.69, 9.17) is 16.3 Å². The van der Waals surface area contributed by atoms with Crippen LogP contribution >= 0.6 is 38.9 Å². The van der Waals surface area contributed by atoms with Gasteiger partial charge in [-0.2, -0.15) is 0 Å². The van der Waals surface area contributed by atoms with Crippen LogP contribution in [0.3, 0.4) is 0 Å². The molecule has 0 saturated carbocycles. The van der Waals surface area contributed by atoms with Gasteiger partial charge in [-0.15, -0.1) is 11.3 Å². The molecule has 0 radical (unpaired) electrons. The summed E-state index contributed by atoms with van der Waals surface area (Å²) in [6, 6.07) is 11.3. The number of rotatable bonds is 5. The van der Waals surface area contributed by atoms with Crippen molar-refractivity contribution >= 4 is 77.7 Å². The molecule has 2 aromatic carbocycles. The van der Waals surface area contributed by atoms with Gasteiger partial charge in [0.2, 0.25) is 5.91 Å². The van der Waals surface area contributed by atoms with E-state index in [1.807, 2.05) is 30.3 Å². The van der Waals surface area contributed by atoms with Gasteiger partial charge in [0.05, 0.1) is 22.0 Å². The summed E-state index contributed by atoms with van der Waals surface area (Å²) in [4.78, 5) is 28.6. The highest BCUT2D eigenvalue weighted by atomic mass is 79.9. The Labute approximate surface area is 179 Å². The predicted molar refractivity (Wildman–Crippen MR) is 118 cm³/mol. The number of nitrogens with zero attached hydrogens (tertiary/aromatic N) is 1. The summed E-state index contributed by atoms with van der Waals surface area (Å²) in [6.45, 7) is 3.33. The lowest BCUT2D eigenvalue weighted by Crippen LogP contribution is -2.11. The molecule has 3 aromatic rings. The Hall–Kier alpha value is -2.22. The van der Waals surface area contributed by atoms with E-state index < -0.39 is 5.97 Å². The molecule has 8 heteroatoms. The molecule has 0 spiro atoms. The summed E-state index contributed by atoms with van der Waals surface area (Å²) < 4.78 is 6.50. The molecule has 3 rings (SSSR count). The molecule has 1 aromatic heterocycles. The fourth-order valence-corrected chi connectivity index (χ4v) is 4.91. The number of nitrogens with one attached hydrogen (secondary N) is 1. The number of aliphatic imine (C=N–C) groups is 1. The number of amides is 1. The fraction of sp³-hybridized carbons (Fsp3) is 0.150. The Morgan fingerprint density at radius 1 is 1.32 bits per heavy atom. The van der Waals surface area contributed by atoms with Gasteiger partial charge in [-0.25, -0.2) is 4.79 Å². The van der Waals surface area contributed by atoms with Crippen LogP contribution in [0.15, 0.2) is 45.9 Å². The summed E-state index contributed by atoms with van der Waals surface area (Å²) >= 11 is 11.4. The smallest absolute Gasteiger partial charge is 0.341 e. The van der Waals surface area contributed by atoms with Crippen LogP contribution in [0.25, 0.3) is 10.1 Å². The zero-order valence-corrected chi connectivity index (χ0v) is 18.2. The summed E-state index contributed by atoms with van der Waals surface area (Å²) in [5.74, 6) is -0.796. The number of halogens is 2. The first-order valence-electron chi connectivity index (χ1n) is 8.40. The van der Waals surface area contributed by atoms with Crippen LogP contribution in [0.4, 0.5) is 10.7 Å². The predicted octanol–water partition coefficient (Wildman–Crippen LogP) is 6.20. The van der Waals surface area contributed by atoms with Gasteiger partial charge in [0, 0.05) is 28.6 Å². The lowest BCUT2D eigenvalue weighted by atomic mass is 10.1. The minimum Gasteiger partial charge on any atom is -0.462 e. The van der Waals surface area contributed by atoms with Crippen LogP contribution in [0.1, 0.15) is 29.8 Å². The Kier molecular flexibility index (Phi) is 6.49. The summed E-state index contributed by atoms with van der Waals surface area (Å²) in [5.41, 5.74) is 1.78. The van der Waals surface area contributed by atoms with E-state index in [0.29, 0.717) is 30.1 Å². The largest absolute Gasteiger partial charge is 0.462 e. The number of carbonyl (C=O) groups excluding carboxylic acids is 2. The van der Waals surface area contributed by atoms with Crippen molar-refractivity contribution in [2.45, 2.75) is 13.8 Å². The van der Waals surface area contributed by atoms with Crippen LogP contribution in [-0.2, 0) is 9.53 Å². The van der Waals surface area contributed by atoms with Crippen molar-refractivity contribution in [2.24, 2.45) is 4.99 Å². The van der Waals surface area contributed by atoms with E-state index in [1.165, 1.54) is 18.3 Å². The second-order valence-corrected chi connectivity index (χ2v) is 8.02. The molecular weight excluding hydrogens is 464 g/mol. The number of thiophene rings is 1. The number of ether oxygens (including phenoxy) is 1. The quantitative estimate of drug-likeness (QED) is 0.350. The number of benzene rings is 2. The molecule has 0 saturated heterocycles. The topological polar surface area (TPSA) is 67.8 Å². The third-order valence-corrected chi connectivity index (χ3v) is 6.03. The van der Waals surface area contributed by atoms with Crippen molar-refractivity contribution in [3.05, 3.63) is 57.0 Å². The molecular formula is C20H16BrClN2O3S. The van der Waals surface area contributed by atoms with Gasteiger partial charge in [0.15, 0.2) is 0 Å². The third-order valence-electron chi connectivity index (χ3n) is 3.76. The number of fused-ring (bicyclic) bond motifs is 1. The van der Waals surface area contributed by atoms with Crippen molar-refractivity contribution in [1.29, 1.82) is 0 Å². The van der Waals surface area contributed by atoms with Gasteiger partial charge >= 0.3 is 5.97 Å². The number of para-hydroxylation sites is 1. The van der Waals surface area contributed by atoms with Gasteiger partial charge in [-0.05, 0) is 25.1 Å². The second-order valence-electron chi connectivity index (χ2n) is 5.77. The number of hydrogen-bond acceptors (Lipinski definition) is 5. The molecule has 1 amide bonds. The zero-order valence-electron chi connectivity index (χ0n) is 15.1. The second kappa shape index (κ2) is 8.86. The Morgan fingerprint density at radius 3 is 2.68 bits per heavy atom. The number of hydrogen-bond donors (Lipinski definition) is 1. The molecule has 0 unspecified atom stereocenters. The maximum absolute atomic E-state index is 12.5. The number of carbonyl (C=O) groups is 2. The average Bonchev–Trinajstić information content (AvgIpc) is 3.04. The monoisotopic (exact) mass is 478 g/mol. The molecule has 144 valence electrons. The third kappa shape index (κ3) is 4.27. The molecule has 0 aliphatic heterocycles. The lowest BCUT2D eigenvalue weighted by Gasteiger charge is -2.07. The summed E-state index contributed by atoms with van der Waals surface area (Å²) in [6.07, 6.45) is 1.67. The van der Waals surface area contributed by atoms with Crippen molar-refractivity contribution in [3.63, 3.8) is 0 Å². The Bertz CT molecular complexity index is 1080. The van der Waals surface area contributed by atoms with Crippen molar-refractivity contribution in [2.75, 3.05) is 11.9 Å². The Morgan fingerprint density at radius 2 is 2.04 bits per heavy atom. The standard InChI is InChI=1S/C20H16BrClN2O3S/c1-3-27-20(26)16-15-14(21)9-12(10-23-13-7-5-4-6-8-13)17(22)18(15)28-19(16)24-11(2)25/h4-10H,3H2,1-2H3,(H,24,25)/b23-10+. The summed E-state index contributed by atoms with van der Waals surface area (Å²) in [5, 5.41) is 4.16. The average molecular weight is 480 g/mol. The van der Waals surface area contributed by atoms with Gasteiger partial charge in [-0.1, -0.05) is 45.7 Å². The fourth-order valence-electron chi connectivity index (χ4n) is 2.61. The number of anilines is 1. The Balaban J connectivity index is 2.16. The van der Waals surface area contributed by atoms with E-state index in [9.17, 15) is 9.59 Å². The molecule has 0 bridgehead atoms. The van der Waals surface area contributed by atoms with E-state index in [2.05, 4.69) is 26.2 Å². The minimum absolute atomic E-state index is 0.225. The lowest BCUT2D eigenvalue weighted by molar-refractivity contribution is -0.114. The van der Waals surface area contributed by atoms with Crippen molar-refractivity contribution < 1.29 is 14.3 Å². The molecule has 0 atom stereocenters. The van der Waals surface area contributed by atoms with Gasteiger partial charge in [0.25, 0.3) is 0 Å². The maximum atomic E-state index is 12.5. The van der Waals surface area contributed by atoms with Crippen molar-refractivity contribution in [3.8, 4) is 0 Å². The maximum Gasteiger partial charge on any atom is 0.341 e. The van der Waals surface area contributed by atoms with E-state index in [1.54, 1.807) is 19.2 Å². The van der Waals surface area contributed by atoms with E-state index in [-0.39, 0.29) is 18.1 Å².